The molecule has 0 fully saturated rings. The number of nitrogens with zero attached hydrogens (tertiary/aromatic N) is 2. The van der Waals surface area contributed by atoms with Gasteiger partial charge in [0.25, 0.3) is 0 Å². The summed E-state index contributed by atoms with van der Waals surface area (Å²) in [6.07, 6.45) is 0. The Balaban J connectivity index is 1.29. The zero-order valence-electron chi connectivity index (χ0n) is 38.8. The van der Waals surface area contributed by atoms with Crippen LogP contribution in [0.4, 0.5) is 28.4 Å². The highest BCUT2D eigenvalue weighted by Gasteiger charge is 2.47. The summed E-state index contributed by atoms with van der Waals surface area (Å²) < 4.78 is 7.10. The maximum Gasteiger partial charge on any atom is 0.333 e. The second-order valence-electron chi connectivity index (χ2n) is 20.4. The third kappa shape index (κ3) is 6.17. The van der Waals surface area contributed by atoms with E-state index >= 15 is 0 Å². The van der Waals surface area contributed by atoms with Crippen LogP contribution in [0, 0.1) is 27.7 Å². The van der Waals surface area contributed by atoms with Crippen LogP contribution in [-0.4, -0.2) is 6.85 Å². The number of anilines is 5. The van der Waals surface area contributed by atoms with E-state index in [9.17, 15) is 0 Å². The first-order valence-corrected chi connectivity index (χ1v) is 22.9. The molecule has 8 aromatic carbocycles. The van der Waals surface area contributed by atoms with Gasteiger partial charge in [0.15, 0.2) is 0 Å². The number of furan rings is 1. The van der Waals surface area contributed by atoms with Gasteiger partial charge in [-0.25, -0.2) is 0 Å². The first-order valence-electron chi connectivity index (χ1n) is 22.9. The number of benzene rings is 8. The third-order valence-corrected chi connectivity index (χ3v) is 14.1. The Morgan fingerprint density at radius 1 is 0.453 bits per heavy atom. The quantitative estimate of drug-likeness (QED) is 0.165. The van der Waals surface area contributed by atoms with Gasteiger partial charge < -0.3 is 14.1 Å². The van der Waals surface area contributed by atoms with Crippen LogP contribution in [-0.2, 0) is 10.8 Å². The predicted octanol–water partition coefficient (Wildman–Crippen LogP) is 15.5. The first kappa shape index (κ1) is 40.0. The van der Waals surface area contributed by atoms with Crippen molar-refractivity contribution in [2.45, 2.75) is 80.1 Å². The predicted molar refractivity (Wildman–Crippen MR) is 275 cm³/mol. The summed E-state index contributed by atoms with van der Waals surface area (Å²) in [6, 6.07) is 57.3. The molecular weight excluding hydrogens is 775 g/mol. The largest absolute Gasteiger partial charge is 0.455 e. The minimum absolute atomic E-state index is 0.0278. The lowest BCUT2D eigenvalue weighted by atomic mass is 9.43. The Morgan fingerprint density at radius 3 is 1.72 bits per heavy atom. The molecule has 0 aliphatic carbocycles. The molecule has 0 saturated carbocycles. The summed E-state index contributed by atoms with van der Waals surface area (Å²) in [7, 11) is 0. The number of hydrogen-bond donors (Lipinski definition) is 0. The zero-order chi connectivity index (χ0) is 44.4. The Labute approximate surface area is 379 Å². The van der Waals surface area contributed by atoms with Crippen molar-refractivity contribution < 1.29 is 4.42 Å². The van der Waals surface area contributed by atoms with Crippen molar-refractivity contribution in [2.24, 2.45) is 0 Å². The molecule has 0 unspecified atom stereocenters. The molecule has 0 spiro atoms. The highest BCUT2D eigenvalue weighted by Crippen LogP contribution is 2.52. The van der Waals surface area contributed by atoms with E-state index in [-0.39, 0.29) is 17.7 Å². The van der Waals surface area contributed by atoms with E-state index in [0.29, 0.717) is 0 Å². The molecule has 3 nitrogen and oxygen atoms in total. The highest BCUT2D eigenvalue weighted by molar-refractivity contribution is 6.94. The van der Waals surface area contributed by atoms with Gasteiger partial charge in [0.2, 0.25) is 0 Å². The average Bonchev–Trinajstić information content (AvgIpc) is 3.64. The molecule has 3 heterocycles. The maximum atomic E-state index is 7.10. The standard InChI is InChI=1S/C60H55BN2O/c1-36-16-13-17-37(2)54(36)40-20-15-21-45(32-40)62-51-33-41(55-38(3)18-14-19-39(55)4)24-30-49(51)61-57-52(62)35-47-46-22-11-12-23-53(46)64-58(47)56(57)48-34-43(60(8,9)10)27-31-50(48)63(61)44-28-25-42(26-29-44)59(5,6)7/h11-35H,1-10H3. The summed E-state index contributed by atoms with van der Waals surface area (Å²) in [5, 5.41) is 2.25. The van der Waals surface area contributed by atoms with Crippen LogP contribution in [0.25, 0.3) is 55.3 Å². The lowest BCUT2D eigenvalue weighted by Gasteiger charge is -2.46. The van der Waals surface area contributed by atoms with Crippen LogP contribution >= 0.6 is 0 Å². The topological polar surface area (TPSA) is 19.6 Å². The van der Waals surface area contributed by atoms with E-state index in [4.69, 9.17) is 4.42 Å². The number of hydrogen-bond acceptors (Lipinski definition) is 3. The fraction of sp³-hybridized carbons (Fsp3) is 0.200. The first-order chi connectivity index (χ1) is 30.7. The molecule has 2 aliphatic rings. The Morgan fingerprint density at radius 2 is 1.06 bits per heavy atom. The van der Waals surface area contributed by atoms with Crippen LogP contribution in [0.15, 0.2) is 156 Å². The molecule has 0 radical (unpaired) electrons. The van der Waals surface area contributed by atoms with Crippen molar-refractivity contribution in [2.75, 3.05) is 9.71 Å². The van der Waals surface area contributed by atoms with Gasteiger partial charge >= 0.3 is 6.85 Å². The maximum absolute atomic E-state index is 7.10. The van der Waals surface area contributed by atoms with Gasteiger partial charge in [0.1, 0.15) is 11.2 Å². The lowest BCUT2D eigenvalue weighted by Crippen LogP contribution is -2.61. The van der Waals surface area contributed by atoms with Gasteiger partial charge in [0.05, 0.1) is 0 Å². The fourth-order valence-electron chi connectivity index (χ4n) is 10.8. The monoisotopic (exact) mass is 830 g/mol. The fourth-order valence-corrected chi connectivity index (χ4v) is 10.8. The summed E-state index contributed by atoms with van der Waals surface area (Å²) in [5.41, 5.74) is 25.2. The Hall–Kier alpha value is -6.78. The number of fused-ring (bicyclic) bond motifs is 8. The van der Waals surface area contributed by atoms with Crippen LogP contribution in [0.5, 0.6) is 0 Å². The van der Waals surface area contributed by atoms with E-state index in [1.165, 1.54) is 100 Å². The van der Waals surface area contributed by atoms with Crippen LogP contribution in [0.1, 0.15) is 74.9 Å². The van der Waals surface area contributed by atoms with Crippen molar-refractivity contribution >= 4 is 68.1 Å². The molecule has 0 N–H and O–H groups in total. The van der Waals surface area contributed by atoms with Gasteiger partial charge in [0, 0.05) is 50.3 Å². The molecule has 0 atom stereocenters. The third-order valence-electron chi connectivity index (χ3n) is 14.1. The lowest BCUT2D eigenvalue weighted by molar-refractivity contribution is 0.590. The van der Waals surface area contributed by atoms with Crippen molar-refractivity contribution in [1.82, 2.24) is 0 Å². The molecule has 2 aliphatic heterocycles. The van der Waals surface area contributed by atoms with E-state index < -0.39 is 0 Å². The van der Waals surface area contributed by atoms with Gasteiger partial charge in [-0.3, -0.25) is 0 Å². The molecule has 11 rings (SSSR count). The molecule has 0 saturated heterocycles. The Bertz CT molecular complexity index is 3320. The van der Waals surface area contributed by atoms with Gasteiger partial charge in [-0.05, 0) is 160 Å². The molecule has 314 valence electrons. The molecular formula is C60H55BN2O. The van der Waals surface area contributed by atoms with Gasteiger partial charge in [-0.1, -0.05) is 139 Å². The van der Waals surface area contributed by atoms with Crippen molar-refractivity contribution in [3.8, 4) is 33.4 Å². The van der Waals surface area contributed by atoms with E-state index in [1.54, 1.807) is 0 Å². The number of aryl methyl sites for hydroxylation is 4. The van der Waals surface area contributed by atoms with Crippen molar-refractivity contribution in [1.29, 1.82) is 0 Å². The van der Waals surface area contributed by atoms with Crippen LogP contribution in [0.2, 0.25) is 0 Å². The van der Waals surface area contributed by atoms with E-state index in [0.717, 1.165) is 27.6 Å². The minimum atomic E-state index is -0.156. The van der Waals surface area contributed by atoms with Crippen LogP contribution < -0.4 is 20.6 Å². The van der Waals surface area contributed by atoms with Crippen molar-refractivity contribution in [3.63, 3.8) is 0 Å². The van der Waals surface area contributed by atoms with Gasteiger partial charge in [-0.15, -0.1) is 0 Å². The Kier molecular flexibility index (Phi) is 8.99. The molecule has 9 aromatic rings. The zero-order valence-corrected chi connectivity index (χ0v) is 38.8. The summed E-state index contributed by atoms with van der Waals surface area (Å²) in [6.45, 7) is 22.6. The minimum Gasteiger partial charge on any atom is -0.455 e. The van der Waals surface area contributed by atoms with E-state index in [1.807, 2.05) is 0 Å². The second kappa shape index (κ2) is 14.4. The molecule has 0 bridgehead atoms. The SMILES string of the molecule is Cc1cccc(C)c1-c1cccc(N2c3cc(-c4c(C)cccc4C)ccc3B3c4c2cc2c(oc5ccccc52)c4-c2cc(C(C)(C)C)ccc2N3c2ccc(C(C)(C)C)cc2)c1. The number of para-hydroxylation sites is 1. The molecule has 1 aromatic heterocycles. The smallest absolute Gasteiger partial charge is 0.333 e. The summed E-state index contributed by atoms with van der Waals surface area (Å²) in [5.74, 6) is 0. The second-order valence-corrected chi connectivity index (χ2v) is 20.4. The average molecular weight is 831 g/mol. The molecule has 0 amide bonds. The molecule has 4 heteroatoms. The normalized spacial score (nSPS) is 13.4. The van der Waals surface area contributed by atoms with Gasteiger partial charge in [-0.2, -0.15) is 0 Å². The van der Waals surface area contributed by atoms with E-state index in [2.05, 4.69) is 231 Å². The summed E-state index contributed by atoms with van der Waals surface area (Å²) in [4.78, 5) is 5.19. The van der Waals surface area contributed by atoms with Crippen molar-refractivity contribution in [3.05, 3.63) is 185 Å². The number of rotatable bonds is 4. The van der Waals surface area contributed by atoms with Crippen LogP contribution in [0.3, 0.4) is 0 Å². The molecule has 64 heavy (non-hydrogen) atoms. The summed E-state index contributed by atoms with van der Waals surface area (Å²) >= 11 is 0. The highest BCUT2D eigenvalue weighted by atomic mass is 16.3.